The van der Waals surface area contributed by atoms with E-state index < -0.39 is 17.8 Å². The zero-order chi connectivity index (χ0) is 28.1. The molecule has 0 spiro atoms. The normalized spacial score (nSPS) is 12.6. The molecule has 1 aromatic heterocycles. The number of carboxylic acids is 1. The quantitative estimate of drug-likeness (QED) is 0.212. The van der Waals surface area contributed by atoms with Crippen LogP contribution in [-0.4, -0.2) is 40.8 Å². The molecular weight excluding hydrogens is 512 g/mol. The number of carbonyl (C=O) groups is 4. The van der Waals surface area contributed by atoms with Gasteiger partial charge >= 0.3 is 5.97 Å². The van der Waals surface area contributed by atoms with Crippen LogP contribution in [0.25, 0.3) is 33.7 Å². The second-order valence-corrected chi connectivity index (χ2v) is 9.24. The summed E-state index contributed by atoms with van der Waals surface area (Å²) in [5.74, 6) is -1.95. The number of Topliss-reactive ketones (excluding diaryl/α,β-unsaturated/α-hetero) is 1. The van der Waals surface area contributed by atoms with Crippen molar-refractivity contribution < 1.29 is 33.4 Å². The van der Waals surface area contributed by atoms with Gasteiger partial charge in [-0.05, 0) is 72.6 Å². The Bertz CT molecular complexity index is 1900. The molecule has 40 heavy (non-hydrogen) atoms. The van der Waals surface area contributed by atoms with Gasteiger partial charge in [0, 0.05) is 11.1 Å². The number of methoxy groups -OCH3 is 1. The number of imide groups is 1. The fourth-order valence-electron chi connectivity index (χ4n) is 4.74. The minimum Gasteiger partial charge on any atom is -0.495 e. The standard InChI is InChI=1S/C31H20N2O7/c1-16(34)17-4-3-5-18(12-17)19-7-10-26-24(14-19)32-28(40-26)20-8-11-27(39-2)25(15-20)33-29(35)22-9-6-21(31(37)38)13-23(22)30(33)36/h3-15H,1-2H3,(H,37,38). The summed E-state index contributed by atoms with van der Waals surface area (Å²) < 4.78 is 11.4. The smallest absolute Gasteiger partial charge is 0.335 e. The number of oxazole rings is 1. The minimum atomic E-state index is -1.20. The molecule has 0 radical (unpaired) electrons. The Hall–Kier alpha value is -5.57. The van der Waals surface area contributed by atoms with Crippen molar-refractivity contribution in [2.45, 2.75) is 6.92 Å². The lowest BCUT2D eigenvalue weighted by molar-refractivity contribution is 0.0696. The highest BCUT2D eigenvalue weighted by Crippen LogP contribution is 2.39. The zero-order valence-corrected chi connectivity index (χ0v) is 21.3. The first-order valence-corrected chi connectivity index (χ1v) is 12.2. The molecular formula is C31H20N2O7. The molecule has 0 saturated heterocycles. The molecule has 196 valence electrons. The monoisotopic (exact) mass is 532 g/mol. The number of carbonyl (C=O) groups excluding carboxylic acids is 3. The Labute approximate surface area is 227 Å². The van der Waals surface area contributed by atoms with Gasteiger partial charge in [-0.2, -0.15) is 0 Å². The van der Waals surface area contributed by atoms with Crippen molar-refractivity contribution in [3.05, 3.63) is 101 Å². The van der Waals surface area contributed by atoms with E-state index in [4.69, 9.17) is 9.15 Å². The fraction of sp³-hybridized carbons (Fsp3) is 0.0645. The van der Waals surface area contributed by atoms with Gasteiger partial charge in [-0.3, -0.25) is 14.4 Å². The van der Waals surface area contributed by atoms with Crippen LogP contribution >= 0.6 is 0 Å². The average Bonchev–Trinajstić information content (AvgIpc) is 3.50. The summed E-state index contributed by atoms with van der Waals surface area (Å²) in [6.45, 7) is 1.52. The molecule has 2 amide bonds. The maximum Gasteiger partial charge on any atom is 0.335 e. The number of carboxylic acid groups (broad SMARTS) is 1. The second kappa shape index (κ2) is 9.32. The van der Waals surface area contributed by atoms with Crippen molar-refractivity contribution in [3.8, 4) is 28.3 Å². The second-order valence-electron chi connectivity index (χ2n) is 9.24. The Morgan fingerprint density at radius 3 is 2.33 bits per heavy atom. The van der Waals surface area contributed by atoms with Gasteiger partial charge in [0.2, 0.25) is 5.89 Å². The van der Waals surface area contributed by atoms with E-state index in [1.165, 1.54) is 32.2 Å². The Balaban J connectivity index is 1.39. The molecule has 0 atom stereocenters. The van der Waals surface area contributed by atoms with E-state index in [0.29, 0.717) is 22.2 Å². The summed E-state index contributed by atoms with van der Waals surface area (Å²) in [6.07, 6.45) is 0. The number of hydrogen-bond donors (Lipinski definition) is 1. The van der Waals surface area contributed by atoms with E-state index in [2.05, 4.69) is 4.98 Å². The molecule has 6 rings (SSSR count). The van der Waals surface area contributed by atoms with Crippen LogP contribution in [0.3, 0.4) is 0 Å². The van der Waals surface area contributed by atoms with Crippen LogP contribution in [0.4, 0.5) is 5.69 Å². The molecule has 1 aliphatic rings. The Kier molecular flexibility index (Phi) is 5.76. The lowest BCUT2D eigenvalue weighted by Gasteiger charge is -2.18. The number of fused-ring (bicyclic) bond motifs is 2. The largest absolute Gasteiger partial charge is 0.495 e. The van der Waals surface area contributed by atoms with Crippen LogP contribution < -0.4 is 9.64 Å². The van der Waals surface area contributed by atoms with Gasteiger partial charge in [0.1, 0.15) is 11.3 Å². The predicted molar refractivity (Wildman–Crippen MR) is 146 cm³/mol. The Morgan fingerprint density at radius 1 is 0.825 bits per heavy atom. The lowest BCUT2D eigenvalue weighted by atomic mass is 10.0. The molecule has 0 bridgehead atoms. The summed E-state index contributed by atoms with van der Waals surface area (Å²) in [7, 11) is 1.42. The van der Waals surface area contributed by atoms with E-state index in [1.807, 2.05) is 30.3 Å². The Morgan fingerprint density at radius 2 is 1.57 bits per heavy atom. The van der Waals surface area contributed by atoms with Crippen molar-refractivity contribution >= 4 is 40.4 Å². The molecule has 9 nitrogen and oxygen atoms in total. The topological polar surface area (TPSA) is 127 Å². The number of ketones is 1. The summed E-state index contributed by atoms with van der Waals surface area (Å²) in [5, 5.41) is 9.31. The van der Waals surface area contributed by atoms with E-state index in [1.54, 1.807) is 30.3 Å². The van der Waals surface area contributed by atoms with Gasteiger partial charge in [0.25, 0.3) is 11.8 Å². The highest BCUT2D eigenvalue weighted by Gasteiger charge is 2.39. The van der Waals surface area contributed by atoms with Crippen LogP contribution in [-0.2, 0) is 0 Å². The summed E-state index contributed by atoms with van der Waals surface area (Å²) in [5.41, 5.74) is 4.12. The molecule has 1 N–H and O–H groups in total. The lowest BCUT2D eigenvalue weighted by Crippen LogP contribution is -2.29. The van der Waals surface area contributed by atoms with Gasteiger partial charge in [0.05, 0.1) is 29.5 Å². The van der Waals surface area contributed by atoms with E-state index in [-0.39, 0.29) is 39.8 Å². The molecule has 5 aromatic rings. The van der Waals surface area contributed by atoms with E-state index in [0.717, 1.165) is 16.0 Å². The average molecular weight is 533 g/mol. The predicted octanol–water partition coefficient (Wildman–Crippen LogP) is 5.87. The number of anilines is 1. The number of ether oxygens (including phenoxy) is 1. The third kappa shape index (κ3) is 4.01. The molecule has 1 aliphatic heterocycles. The van der Waals surface area contributed by atoms with E-state index >= 15 is 0 Å². The van der Waals surface area contributed by atoms with Crippen LogP contribution in [0, 0.1) is 0 Å². The summed E-state index contributed by atoms with van der Waals surface area (Å²) in [6, 6.07) is 21.5. The third-order valence-electron chi connectivity index (χ3n) is 6.79. The molecule has 9 heteroatoms. The van der Waals surface area contributed by atoms with Crippen molar-refractivity contribution in [3.63, 3.8) is 0 Å². The molecule has 0 fully saturated rings. The number of nitrogens with zero attached hydrogens (tertiary/aromatic N) is 2. The number of rotatable bonds is 6. The van der Waals surface area contributed by atoms with Crippen LogP contribution in [0.1, 0.15) is 48.4 Å². The van der Waals surface area contributed by atoms with Gasteiger partial charge in [0.15, 0.2) is 11.4 Å². The van der Waals surface area contributed by atoms with Crippen molar-refractivity contribution in [2.24, 2.45) is 0 Å². The summed E-state index contributed by atoms with van der Waals surface area (Å²) >= 11 is 0. The SMILES string of the molecule is COc1ccc(-c2nc3cc(-c4cccc(C(C)=O)c4)ccc3o2)cc1N1C(=O)c2ccc(C(=O)O)cc2C1=O. The first kappa shape index (κ1) is 24.7. The first-order valence-electron chi connectivity index (χ1n) is 12.2. The minimum absolute atomic E-state index is 0.000546. The van der Waals surface area contributed by atoms with Gasteiger partial charge in [-0.15, -0.1) is 0 Å². The number of benzene rings is 4. The summed E-state index contributed by atoms with van der Waals surface area (Å²) in [4.78, 5) is 55.3. The number of hydrogen-bond acceptors (Lipinski definition) is 7. The van der Waals surface area contributed by atoms with Gasteiger partial charge < -0.3 is 14.3 Å². The van der Waals surface area contributed by atoms with Crippen molar-refractivity contribution in [2.75, 3.05) is 12.0 Å². The number of aromatic carboxylic acids is 1. The first-order chi connectivity index (χ1) is 19.2. The van der Waals surface area contributed by atoms with Crippen LogP contribution in [0.15, 0.2) is 83.3 Å². The third-order valence-corrected chi connectivity index (χ3v) is 6.79. The number of aromatic nitrogens is 1. The molecule has 2 heterocycles. The van der Waals surface area contributed by atoms with E-state index in [9.17, 15) is 24.3 Å². The molecule has 4 aromatic carbocycles. The zero-order valence-electron chi connectivity index (χ0n) is 21.3. The molecule has 0 aliphatic carbocycles. The number of amides is 2. The van der Waals surface area contributed by atoms with Gasteiger partial charge in [-0.1, -0.05) is 24.3 Å². The van der Waals surface area contributed by atoms with Crippen molar-refractivity contribution in [1.29, 1.82) is 0 Å². The maximum atomic E-state index is 13.3. The maximum absolute atomic E-state index is 13.3. The van der Waals surface area contributed by atoms with Crippen molar-refractivity contribution in [1.82, 2.24) is 4.98 Å². The molecule has 0 saturated carbocycles. The highest BCUT2D eigenvalue weighted by atomic mass is 16.5. The molecule has 0 unspecified atom stereocenters. The van der Waals surface area contributed by atoms with Crippen LogP contribution in [0.2, 0.25) is 0 Å². The fourth-order valence-corrected chi connectivity index (χ4v) is 4.74. The van der Waals surface area contributed by atoms with Gasteiger partial charge in [-0.25, -0.2) is 14.7 Å². The highest BCUT2D eigenvalue weighted by molar-refractivity contribution is 6.35. The van der Waals surface area contributed by atoms with Crippen LogP contribution in [0.5, 0.6) is 5.75 Å².